The highest BCUT2D eigenvalue weighted by atomic mass is 32.2. The Labute approximate surface area is 174 Å². The van der Waals surface area contributed by atoms with E-state index in [0.717, 1.165) is 29.0 Å². The zero-order valence-electron chi connectivity index (χ0n) is 16.0. The number of carbonyl (C=O) groups is 1. The normalized spacial score (nSPS) is 13.2. The molecule has 3 nitrogen and oxygen atoms in total. The molecule has 0 unspecified atom stereocenters. The van der Waals surface area contributed by atoms with Crippen LogP contribution < -0.4 is 5.32 Å². The van der Waals surface area contributed by atoms with Gasteiger partial charge < -0.3 is 5.32 Å². The Bertz CT molecular complexity index is 963. The van der Waals surface area contributed by atoms with E-state index in [1.165, 1.54) is 46.6 Å². The number of rotatable bonds is 6. The molecule has 1 aliphatic carbocycles. The van der Waals surface area contributed by atoms with E-state index in [0.29, 0.717) is 11.6 Å². The molecule has 28 heavy (non-hydrogen) atoms. The minimum atomic E-state index is -0.0257. The fourth-order valence-electron chi connectivity index (χ4n) is 3.58. The fourth-order valence-corrected chi connectivity index (χ4v) is 4.97. The van der Waals surface area contributed by atoms with E-state index < -0.39 is 0 Å². The standard InChI is InChI=1S/C23H24N2OS2/c1-2-27-20-11-7-16(8-12-20)13-22(26)25-23-24-21(15-28-23)19-10-9-17-5-3-4-6-18(17)14-19/h7-12,14-15H,2-6,13H2,1H3,(H,24,25,26). The SMILES string of the molecule is CCSc1ccc(CC(=O)Nc2nc(-c3ccc4c(c3)CCCC4)cs2)cc1. The first-order valence-electron chi connectivity index (χ1n) is 9.80. The number of aromatic nitrogens is 1. The molecule has 0 saturated heterocycles. The highest BCUT2D eigenvalue weighted by molar-refractivity contribution is 7.99. The van der Waals surface area contributed by atoms with Gasteiger partial charge in [0.05, 0.1) is 12.1 Å². The minimum absolute atomic E-state index is 0.0257. The quantitative estimate of drug-likeness (QED) is 0.510. The van der Waals surface area contributed by atoms with Crippen molar-refractivity contribution in [2.24, 2.45) is 0 Å². The molecule has 144 valence electrons. The van der Waals surface area contributed by atoms with Gasteiger partial charge in [-0.25, -0.2) is 4.98 Å². The van der Waals surface area contributed by atoms with Gasteiger partial charge in [-0.1, -0.05) is 31.2 Å². The van der Waals surface area contributed by atoms with Gasteiger partial charge in [0.1, 0.15) is 0 Å². The molecule has 1 heterocycles. The van der Waals surface area contributed by atoms with Crippen LogP contribution in [0.3, 0.4) is 0 Å². The molecule has 0 atom stereocenters. The number of fused-ring (bicyclic) bond motifs is 1. The summed E-state index contributed by atoms with van der Waals surface area (Å²) in [6.07, 6.45) is 5.27. The lowest BCUT2D eigenvalue weighted by atomic mass is 9.90. The van der Waals surface area contributed by atoms with Gasteiger partial charge in [-0.05, 0) is 66.3 Å². The van der Waals surface area contributed by atoms with Crippen LogP contribution in [0.15, 0.2) is 52.7 Å². The van der Waals surface area contributed by atoms with E-state index in [1.54, 1.807) is 11.8 Å². The molecule has 4 rings (SSSR count). The van der Waals surface area contributed by atoms with Crippen LogP contribution in [0.5, 0.6) is 0 Å². The third-order valence-corrected chi connectivity index (χ3v) is 6.65. The number of thioether (sulfide) groups is 1. The van der Waals surface area contributed by atoms with Crippen molar-refractivity contribution in [3.63, 3.8) is 0 Å². The highest BCUT2D eigenvalue weighted by Crippen LogP contribution is 2.29. The highest BCUT2D eigenvalue weighted by Gasteiger charge is 2.13. The summed E-state index contributed by atoms with van der Waals surface area (Å²) in [6, 6.07) is 14.9. The zero-order chi connectivity index (χ0) is 19.3. The smallest absolute Gasteiger partial charge is 0.230 e. The van der Waals surface area contributed by atoms with Crippen LogP contribution >= 0.6 is 23.1 Å². The number of benzene rings is 2. The molecule has 0 spiro atoms. The van der Waals surface area contributed by atoms with E-state index in [1.807, 2.05) is 17.5 Å². The maximum absolute atomic E-state index is 12.4. The molecule has 0 bridgehead atoms. The third kappa shape index (κ3) is 4.65. The first-order valence-corrected chi connectivity index (χ1v) is 11.7. The fraction of sp³-hybridized carbons (Fsp3) is 0.304. The lowest BCUT2D eigenvalue weighted by molar-refractivity contribution is -0.115. The predicted molar refractivity (Wildman–Crippen MR) is 119 cm³/mol. The van der Waals surface area contributed by atoms with Crippen LogP contribution in [0.25, 0.3) is 11.3 Å². The Morgan fingerprint density at radius 1 is 1.11 bits per heavy atom. The van der Waals surface area contributed by atoms with E-state index in [9.17, 15) is 4.79 Å². The maximum atomic E-state index is 12.4. The molecule has 0 aliphatic heterocycles. The van der Waals surface area contributed by atoms with Crippen molar-refractivity contribution in [1.29, 1.82) is 0 Å². The van der Waals surface area contributed by atoms with Crippen molar-refractivity contribution in [3.05, 3.63) is 64.5 Å². The van der Waals surface area contributed by atoms with Gasteiger partial charge in [0, 0.05) is 15.8 Å². The number of amides is 1. The summed E-state index contributed by atoms with van der Waals surface area (Å²) < 4.78 is 0. The van der Waals surface area contributed by atoms with E-state index in [2.05, 4.69) is 47.6 Å². The molecule has 5 heteroatoms. The van der Waals surface area contributed by atoms with Crippen LogP contribution in [0.1, 0.15) is 36.5 Å². The summed E-state index contributed by atoms with van der Waals surface area (Å²) in [5.74, 6) is 1.03. The first-order chi connectivity index (χ1) is 13.7. The van der Waals surface area contributed by atoms with Gasteiger partial charge in [0.25, 0.3) is 0 Å². The van der Waals surface area contributed by atoms with Crippen molar-refractivity contribution in [2.45, 2.75) is 43.9 Å². The Morgan fingerprint density at radius 2 is 1.89 bits per heavy atom. The maximum Gasteiger partial charge on any atom is 0.230 e. The second kappa shape index (κ2) is 8.93. The summed E-state index contributed by atoms with van der Waals surface area (Å²) >= 11 is 3.29. The molecular formula is C23H24N2OS2. The average molecular weight is 409 g/mol. The second-order valence-electron chi connectivity index (χ2n) is 7.03. The van der Waals surface area contributed by atoms with Crippen molar-refractivity contribution in [2.75, 3.05) is 11.1 Å². The molecule has 0 radical (unpaired) electrons. The van der Waals surface area contributed by atoms with Crippen LogP contribution in [0.2, 0.25) is 0 Å². The Kier molecular flexibility index (Phi) is 6.13. The van der Waals surface area contributed by atoms with Gasteiger partial charge in [-0.3, -0.25) is 4.79 Å². The lowest BCUT2D eigenvalue weighted by Gasteiger charge is -2.16. The largest absolute Gasteiger partial charge is 0.302 e. The second-order valence-corrected chi connectivity index (χ2v) is 9.23. The lowest BCUT2D eigenvalue weighted by Crippen LogP contribution is -2.14. The number of anilines is 1. The molecule has 3 aromatic rings. The zero-order valence-corrected chi connectivity index (χ0v) is 17.7. The Hall–Kier alpha value is -2.11. The minimum Gasteiger partial charge on any atom is -0.302 e. The molecule has 1 amide bonds. The van der Waals surface area contributed by atoms with E-state index >= 15 is 0 Å². The summed E-state index contributed by atoms with van der Waals surface area (Å²) in [4.78, 5) is 18.3. The van der Waals surface area contributed by atoms with Gasteiger partial charge in [0.2, 0.25) is 5.91 Å². The predicted octanol–water partition coefficient (Wildman–Crippen LogP) is 5.98. The number of carbonyl (C=O) groups excluding carboxylic acids is 1. The van der Waals surface area contributed by atoms with Crippen LogP contribution in [0.4, 0.5) is 5.13 Å². The Morgan fingerprint density at radius 3 is 2.68 bits per heavy atom. The summed E-state index contributed by atoms with van der Waals surface area (Å²) in [5.41, 5.74) is 6.02. The number of nitrogens with one attached hydrogen (secondary N) is 1. The van der Waals surface area contributed by atoms with Crippen LogP contribution in [0, 0.1) is 0 Å². The number of nitrogens with zero attached hydrogens (tertiary/aromatic N) is 1. The third-order valence-electron chi connectivity index (χ3n) is 4.99. The van der Waals surface area contributed by atoms with Crippen molar-refractivity contribution < 1.29 is 4.79 Å². The molecule has 0 fully saturated rings. The number of thiazole rings is 1. The molecule has 2 aromatic carbocycles. The summed E-state index contributed by atoms with van der Waals surface area (Å²) in [6.45, 7) is 2.14. The molecule has 1 aromatic heterocycles. The van der Waals surface area contributed by atoms with Crippen molar-refractivity contribution in [3.8, 4) is 11.3 Å². The average Bonchev–Trinajstić information content (AvgIpc) is 3.17. The molecule has 1 aliphatic rings. The van der Waals surface area contributed by atoms with E-state index in [4.69, 9.17) is 0 Å². The van der Waals surface area contributed by atoms with Crippen molar-refractivity contribution in [1.82, 2.24) is 4.98 Å². The van der Waals surface area contributed by atoms with Gasteiger partial charge >= 0.3 is 0 Å². The van der Waals surface area contributed by atoms with Crippen molar-refractivity contribution >= 4 is 34.1 Å². The van der Waals surface area contributed by atoms with Crippen LogP contribution in [-0.4, -0.2) is 16.6 Å². The number of aryl methyl sites for hydroxylation is 2. The number of hydrogen-bond acceptors (Lipinski definition) is 4. The molecule has 1 N–H and O–H groups in total. The molecule has 0 saturated carbocycles. The van der Waals surface area contributed by atoms with Crippen LogP contribution in [-0.2, 0) is 24.1 Å². The van der Waals surface area contributed by atoms with Gasteiger partial charge in [-0.15, -0.1) is 23.1 Å². The topological polar surface area (TPSA) is 42.0 Å². The Balaban J connectivity index is 1.39. The molecular weight excluding hydrogens is 384 g/mol. The van der Waals surface area contributed by atoms with Gasteiger partial charge in [-0.2, -0.15) is 0 Å². The number of hydrogen-bond donors (Lipinski definition) is 1. The van der Waals surface area contributed by atoms with E-state index in [-0.39, 0.29) is 5.91 Å². The summed E-state index contributed by atoms with van der Waals surface area (Å²) in [7, 11) is 0. The summed E-state index contributed by atoms with van der Waals surface area (Å²) in [5, 5.41) is 5.63. The monoisotopic (exact) mass is 408 g/mol. The first kappa shape index (κ1) is 19.2. The van der Waals surface area contributed by atoms with Gasteiger partial charge in [0.15, 0.2) is 5.13 Å².